The number of hydrogen-bond donors (Lipinski definition) is 1. The number of likely N-dealkylation sites (tertiary alicyclic amines) is 1. The Balaban J connectivity index is 1.09. The van der Waals surface area contributed by atoms with Gasteiger partial charge in [0.2, 0.25) is 5.91 Å². The number of primary amides is 1. The summed E-state index contributed by atoms with van der Waals surface area (Å²) in [5.74, 6) is 4.25. The number of amides is 4. The molecule has 2 aliphatic rings. The largest absolute Gasteiger partial charge is 0.366 e. The number of halogens is 1. The molecule has 1 fully saturated rings. The predicted molar refractivity (Wildman–Crippen MR) is 188 cm³/mol. The fourth-order valence-corrected chi connectivity index (χ4v) is 7.14. The van der Waals surface area contributed by atoms with Crippen LogP contribution in [0.1, 0.15) is 88.9 Å². The van der Waals surface area contributed by atoms with Crippen LogP contribution in [0.2, 0.25) is 25.7 Å². The Morgan fingerprint density at radius 3 is 2.61 bits per heavy atom. The third-order valence-electron chi connectivity index (χ3n) is 9.26. The van der Waals surface area contributed by atoms with Crippen molar-refractivity contribution < 1.29 is 28.3 Å². The summed E-state index contributed by atoms with van der Waals surface area (Å²) in [5, 5.41) is 5.21. The number of imide groups is 1. The topological polar surface area (TPSA) is 128 Å². The highest BCUT2D eigenvalue weighted by Gasteiger charge is 2.43. The smallest absolute Gasteiger partial charge is 0.255 e. The number of benzene rings is 2. The van der Waals surface area contributed by atoms with Crippen LogP contribution in [0.4, 0.5) is 4.39 Å². The van der Waals surface area contributed by atoms with Gasteiger partial charge >= 0.3 is 0 Å². The van der Waals surface area contributed by atoms with Gasteiger partial charge in [-0.2, -0.15) is 5.10 Å². The van der Waals surface area contributed by atoms with Crippen LogP contribution in [0.3, 0.4) is 0 Å². The minimum atomic E-state index is -1.31. The number of nitrogens with zero attached hydrogens (tertiary/aromatic N) is 4. The van der Waals surface area contributed by atoms with E-state index in [4.69, 9.17) is 10.5 Å². The van der Waals surface area contributed by atoms with E-state index in [0.29, 0.717) is 41.7 Å². The van der Waals surface area contributed by atoms with Crippen molar-refractivity contribution in [3.05, 3.63) is 64.1 Å². The van der Waals surface area contributed by atoms with E-state index in [1.165, 1.54) is 17.0 Å². The molecule has 10 nitrogen and oxygen atoms in total. The first-order valence-corrected chi connectivity index (χ1v) is 20.9. The molecule has 2 N–H and O–H groups in total. The van der Waals surface area contributed by atoms with Gasteiger partial charge in [0, 0.05) is 57.1 Å². The zero-order chi connectivity index (χ0) is 35.3. The monoisotopic (exact) mass is 687 g/mol. The van der Waals surface area contributed by atoms with E-state index in [1.807, 2.05) is 23.7 Å². The van der Waals surface area contributed by atoms with Crippen molar-refractivity contribution >= 4 is 42.6 Å². The van der Waals surface area contributed by atoms with E-state index < -0.39 is 25.8 Å². The molecule has 0 spiro atoms. The Labute approximate surface area is 288 Å². The van der Waals surface area contributed by atoms with Crippen molar-refractivity contribution in [2.24, 2.45) is 5.73 Å². The second-order valence-electron chi connectivity index (χ2n) is 14.2. The normalized spacial score (nSPS) is 16.3. The number of carbonyl (C=O) groups excluding carboxylic acids is 4. The molecule has 0 radical (unpaired) electrons. The Bertz CT molecular complexity index is 1820. The molecule has 260 valence electrons. The summed E-state index contributed by atoms with van der Waals surface area (Å²) >= 11 is 0. The van der Waals surface area contributed by atoms with Crippen molar-refractivity contribution in [1.29, 1.82) is 0 Å². The lowest BCUT2D eigenvalue weighted by Crippen LogP contribution is -2.55. The molecule has 1 saturated heterocycles. The van der Waals surface area contributed by atoms with Gasteiger partial charge in [-0.15, -0.1) is 0 Å². The van der Waals surface area contributed by atoms with Crippen molar-refractivity contribution in [2.75, 3.05) is 13.3 Å². The summed E-state index contributed by atoms with van der Waals surface area (Å²) in [6.07, 6.45) is 6.11. The van der Waals surface area contributed by atoms with Crippen molar-refractivity contribution in [3.63, 3.8) is 0 Å². The van der Waals surface area contributed by atoms with Crippen LogP contribution in [0, 0.1) is 24.6 Å². The maximum atomic E-state index is 14.2. The molecule has 3 heterocycles. The molecule has 0 saturated carbocycles. The quantitative estimate of drug-likeness (QED) is 0.0994. The summed E-state index contributed by atoms with van der Waals surface area (Å²) in [6.45, 7) is 9.93. The standard InChI is InChI=1S/C37H46FN5O5Si/c1-25-28-21-31(38)29(35(39)45)22-33(28)43(40-25)18-11-9-7-5-6-8-10-13-26-14-12-15-27-30(26)23-41(36(27)46)32-16-17-34(44)42(37(32)47)24-48-19-20-49(2,3)4/h12,14-15,21-22,32H,5-9,11,16-20,23-24H2,1-4H3,(H2,39,45). The number of piperidine rings is 1. The van der Waals surface area contributed by atoms with Gasteiger partial charge in [0.15, 0.2) is 0 Å². The lowest BCUT2D eigenvalue weighted by atomic mass is 10.0. The van der Waals surface area contributed by atoms with Crippen LogP contribution in [-0.2, 0) is 27.4 Å². The van der Waals surface area contributed by atoms with E-state index in [-0.39, 0.29) is 43.0 Å². The van der Waals surface area contributed by atoms with E-state index in [1.54, 1.807) is 11.0 Å². The highest BCUT2D eigenvalue weighted by molar-refractivity contribution is 6.76. The number of rotatable bonds is 14. The Hall–Kier alpha value is -4.34. The van der Waals surface area contributed by atoms with Crippen LogP contribution >= 0.6 is 0 Å². The molecular weight excluding hydrogens is 642 g/mol. The van der Waals surface area contributed by atoms with E-state index in [0.717, 1.165) is 55.7 Å². The number of aryl methyl sites for hydroxylation is 2. The Morgan fingerprint density at radius 1 is 1.10 bits per heavy atom. The molecule has 4 amide bonds. The zero-order valence-electron chi connectivity index (χ0n) is 28.9. The van der Waals surface area contributed by atoms with Gasteiger partial charge in [0.05, 0.1) is 16.8 Å². The average Bonchev–Trinajstić information content (AvgIpc) is 3.54. The van der Waals surface area contributed by atoms with Crippen molar-refractivity contribution in [1.82, 2.24) is 19.6 Å². The van der Waals surface area contributed by atoms with Gasteiger partial charge in [0.25, 0.3) is 17.7 Å². The van der Waals surface area contributed by atoms with Crippen molar-refractivity contribution in [2.45, 2.75) is 103 Å². The lowest BCUT2D eigenvalue weighted by molar-refractivity contribution is -0.158. The second kappa shape index (κ2) is 15.5. The van der Waals surface area contributed by atoms with E-state index in [2.05, 4.69) is 36.6 Å². The van der Waals surface area contributed by atoms with E-state index in [9.17, 15) is 23.6 Å². The molecule has 3 aromatic rings. The number of nitrogens with two attached hydrogens (primary N) is 1. The van der Waals surface area contributed by atoms with Gasteiger partial charge < -0.3 is 15.4 Å². The summed E-state index contributed by atoms with van der Waals surface area (Å²) < 4.78 is 21.7. The molecule has 0 aliphatic carbocycles. The average molecular weight is 688 g/mol. The number of hydrogen-bond acceptors (Lipinski definition) is 6. The molecule has 12 heteroatoms. The van der Waals surface area contributed by atoms with Crippen LogP contribution in [0.5, 0.6) is 0 Å². The molecule has 1 aromatic heterocycles. The molecule has 49 heavy (non-hydrogen) atoms. The van der Waals surface area contributed by atoms with Gasteiger partial charge in [-0.05, 0) is 62.1 Å². The summed E-state index contributed by atoms with van der Waals surface area (Å²) in [6, 6.07) is 8.56. The summed E-state index contributed by atoms with van der Waals surface area (Å²) in [5.41, 5.74) is 8.80. The highest BCUT2D eigenvalue weighted by Crippen LogP contribution is 2.31. The van der Waals surface area contributed by atoms with Crippen LogP contribution in [0.15, 0.2) is 30.3 Å². The first kappa shape index (κ1) is 36.0. The Kier molecular flexibility index (Phi) is 11.4. The number of aromatic nitrogens is 2. The van der Waals surface area contributed by atoms with Gasteiger partial charge in [-0.3, -0.25) is 28.8 Å². The third kappa shape index (κ3) is 8.46. The number of fused-ring (bicyclic) bond motifs is 2. The minimum absolute atomic E-state index is 0.0763. The molecule has 1 unspecified atom stereocenters. The molecule has 0 bridgehead atoms. The number of ether oxygens (including phenoxy) is 1. The number of unbranched alkanes of at least 4 members (excludes halogenated alkanes) is 5. The summed E-state index contributed by atoms with van der Waals surface area (Å²) in [4.78, 5) is 53.7. The SMILES string of the molecule is Cc1nn(CCCCCCCC#Cc2cccc3c2CN(C2CCC(=O)N(COCC[Si](C)(C)C)C2=O)C3=O)c2cc(C(N)=O)c(F)cc12. The van der Waals surface area contributed by atoms with Crippen molar-refractivity contribution in [3.8, 4) is 11.8 Å². The maximum absolute atomic E-state index is 14.2. The van der Waals surface area contributed by atoms with Crippen LogP contribution in [-0.4, -0.2) is 70.7 Å². The maximum Gasteiger partial charge on any atom is 0.255 e. The van der Waals surface area contributed by atoms with Gasteiger partial charge in [-0.25, -0.2) is 4.39 Å². The molecule has 2 aromatic carbocycles. The fraction of sp³-hybridized carbons (Fsp3) is 0.486. The minimum Gasteiger partial charge on any atom is -0.366 e. The number of carbonyl (C=O) groups is 4. The molecule has 5 rings (SSSR count). The lowest BCUT2D eigenvalue weighted by Gasteiger charge is -2.35. The molecule has 1 atom stereocenters. The van der Waals surface area contributed by atoms with Gasteiger partial charge in [0.1, 0.15) is 18.6 Å². The summed E-state index contributed by atoms with van der Waals surface area (Å²) in [7, 11) is -1.31. The fourth-order valence-electron chi connectivity index (χ4n) is 6.38. The zero-order valence-corrected chi connectivity index (χ0v) is 29.9. The van der Waals surface area contributed by atoms with Gasteiger partial charge in [-0.1, -0.05) is 56.8 Å². The third-order valence-corrected chi connectivity index (χ3v) is 11.0. The van der Waals surface area contributed by atoms with E-state index >= 15 is 0 Å². The predicted octanol–water partition coefficient (Wildman–Crippen LogP) is 5.76. The Morgan fingerprint density at radius 2 is 1.86 bits per heavy atom. The molecule has 2 aliphatic heterocycles. The first-order chi connectivity index (χ1) is 23.4. The van der Waals surface area contributed by atoms with Crippen LogP contribution in [0.25, 0.3) is 10.9 Å². The van der Waals surface area contributed by atoms with Crippen LogP contribution < -0.4 is 5.73 Å². The first-order valence-electron chi connectivity index (χ1n) is 17.2. The highest BCUT2D eigenvalue weighted by atomic mass is 28.3. The molecular formula is C37H46FN5O5Si. The second-order valence-corrected chi connectivity index (χ2v) is 19.8.